The number of benzene rings is 1. The summed E-state index contributed by atoms with van der Waals surface area (Å²) >= 11 is 6.18. The molecule has 2 aliphatic heterocycles. The van der Waals surface area contributed by atoms with Crippen LogP contribution in [-0.4, -0.2) is 38.6 Å². The molecule has 0 spiro atoms. The highest BCUT2D eigenvalue weighted by molar-refractivity contribution is 6.33. The summed E-state index contributed by atoms with van der Waals surface area (Å²) in [7, 11) is 0. The molecule has 2 saturated heterocycles. The van der Waals surface area contributed by atoms with Crippen molar-refractivity contribution in [1.82, 2.24) is 0 Å². The highest BCUT2D eigenvalue weighted by atomic mass is 35.5. The summed E-state index contributed by atoms with van der Waals surface area (Å²) in [4.78, 5) is 0. The van der Waals surface area contributed by atoms with Crippen molar-refractivity contribution in [3.63, 3.8) is 0 Å². The fraction of sp³-hybridized carbons (Fsp3) is 0.500. The van der Waals surface area contributed by atoms with E-state index in [1.165, 1.54) is 0 Å². The van der Waals surface area contributed by atoms with Crippen LogP contribution in [0.15, 0.2) is 18.2 Å². The van der Waals surface area contributed by atoms with Crippen LogP contribution in [0.1, 0.15) is 0 Å². The predicted octanol–water partition coefficient (Wildman–Crippen LogP) is 1.90. The van der Waals surface area contributed by atoms with Crippen molar-refractivity contribution in [2.45, 2.75) is 12.2 Å². The average molecular weight is 257 g/mol. The van der Waals surface area contributed by atoms with Gasteiger partial charge in [-0.05, 0) is 12.1 Å². The molecule has 17 heavy (non-hydrogen) atoms. The molecule has 1 aromatic carbocycles. The van der Waals surface area contributed by atoms with E-state index in [0.717, 1.165) is 13.2 Å². The fourth-order valence-electron chi connectivity index (χ4n) is 1.41. The highest BCUT2D eigenvalue weighted by Crippen LogP contribution is 2.34. The Labute approximate surface area is 104 Å². The van der Waals surface area contributed by atoms with E-state index in [0.29, 0.717) is 29.7 Å². The molecule has 2 atom stereocenters. The minimum Gasteiger partial charge on any atom is -0.489 e. The maximum Gasteiger partial charge on any atom is 0.141 e. The van der Waals surface area contributed by atoms with Gasteiger partial charge < -0.3 is 18.9 Å². The van der Waals surface area contributed by atoms with E-state index in [-0.39, 0.29) is 12.2 Å². The third-order valence-electron chi connectivity index (χ3n) is 2.58. The first-order valence-corrected chi connectivity index (χ1v) is 5.98. The molecule has 2 heterocycles. The van der Waals surface area contributed by atoms with E-state index in [4.69, 9.17) is 30.5 Å². The lowest BCUT2D eigenvalue weighted by Gasteiger charge is -2.11. The summed E-state index contributed by atoms with van der Waals surface area (Å²) in [6.07, 6.45) is 0.436. The Morgan fingerprint density at radius 1 is 1.06 bits per heavy atom. The molecule has 0 amide bonds. The molecule has 0 aliphatic carbocycles. The van der Waals surface area contributed by atoms with Crippen LogP contribution in [-0.2, 0) is 9.47 Å². The molecule has 0 radical (unpaired) electrons. The highest BCUT2D eigenvalue weighted by Gasteiger charge is 2.25. The molecule has 0 saturated carbocycles. The first-order chi connectivity index (χ1) is 8.33. The molecule has 1 aromatic rings. The first kappa shape index (κ1) is 11.1. The maximum atomic E-state index is 6.18. The zero-order chi connectivity index (χ0) is 11.7. The number of hydrogen-bond donors (Lipinski definition) is 0. The summed E-state index contributed by atoms with van der Waals surface area (Å²) < 4.78 is 21.3. The molecule has 0 N–H and O–H groups in total. The number of epoxide rings is 2. The molecule has 5 heteroatoms. The van der Waals surface area contributed by atoms with Crippen molar-refractivity contribution >= 4 is 11.6 Å². The summed E-state index contributed by atoms with van der Waals surface area (Å²) in [5, 5.41) is 0.508. The van der Waals surface area contributed by atoms with Crippen molar-refractivity contribution < 1.29 is 18.9 Å². The van der Waals surface area contributed by atoms with Gasteiger partial charge in [0, 0.05) is 0 Å². The molecule has 92 valence electrons. The number of ether oxygens (including phenoxy) is 4. The van der Waals surface area contributed by atoms with Gasteiger partial charge in [-0.2, -0.15) is 0 Å². The van der Waals surface area contributed by atoms with Crippen molar-refractivity contribution in [3.05, 3.63) is 23.2 Å². The summed E-state index contributed by atoms with van der Waals surface area (Å²) in [6, 6.07) is 5.51. The van der Waals surface area contributed by atoms with Gasteiger partial charge in [0.1, 0.15) is 41.9 Å². The largest absolute Gasteiger partial charge is 0.489 e. The van der Waals surface area contributed by atoms with Gasteiger partial charge in [0.25, 0.3) is 0 Å². The van der Waals surface area contributed by atoms with Crippen molar-refractivity contribution in [2.24, 2.45) is 0 Å². The minimum absolute atomic E-state index is 0.218. The van der Waals surface area contributed by atoms with Crippen molar-refractivity contribution in [2.75, 3.05) is 26.4 Å². The molecule has 0 bridgehead atoms. The topological polar surface area (TPSA) is 43.5 Å². The zero-order valence-electron chi connectivity index (χ0n) is 9.23. The van der Waals surface area contributed by atoms with Crippen molar-refractivity contribution in [3.8, 4) is 11.5 Å². The molecule has 2 fully saturated rings. The van der Waals surface area contributed by atoms with E-state index in [2.05, 4.69) is 0 Å². The van der Waals surface area contributed by atoms with Gasteiger partial charge in [-0.15, -0.1) is 0 Å². The van der Waals surface area contributed by atoms with Crippen molar-refractivity contribution in [1.29, 1.82) is 0 Å². The third-order valence-corrected chi connectivity index (χ3v) is 2.95. The molecule has 2 aliphatic rings. The molecular formula is C12H13ClO4. The number of hydrogen-bond acceptors (Lipinski definition) is 4. The normalized spacial score (nSPS) is 25.5. The maximum absolute atomic E-state index is 6.18. The molecule has 3 rings (SSSR count). The Morgan fingerprint density at radius 2 is 1.53 bits per heavy atom. The van der Waals surface area contributed by atoms with Gasteiger partial charge >= 0.3 is 0 Å². The lowest BCUT2D eigenvalue weighted by atomic mass is 10.3. The van der Waals surface area contributed by atoms with Crippen LogP contribution >= 0.6 is 11.6 Å². The van der Waals surface area contributed by atoms with Gasteiger partial charge in [-0.1, -0.05) is 17.7 Å². The second kappa shape index (κ2) is 4.72. The summed E-state index contributed by atoms with van der Waals surface area (Å²) in [5.41, 5.74) is 0. The predicted molar refractivity (Wildman–Crippen MR) is 61.9 cm³/mol. The van der Waals surface area contributed by atoms with E-state index in [9.17, 15) is 0 Å². The van der Waals surface area contributed by atoms with Gasteiger partial charge in [0.2, 0.25) is 0 Å². The van der Waals surface area contributed by atoms with Gasteiger partial charge in [0.15, 0.2) is 0 Å². The molecule has 0 aromatic heterocycles. The van der Waals surface area contributed by atoms with Gasteiger partial charge in [-0.3, -0.25) is 0 Å². The van der Waals surface area contributed by atoms with E-state index >= 15 is 0 Å². The summed E-state index contributed by atoms with van der Waals surface area (Å²) in [6.45, 7) is 2.61. The van der Waals surface area contributed by atoms with Gasteiger partial charge in [-0.25, -0.2) is 0 Å². The number of rotatable bonds is 6. The lowest BCUT2D eigenvalue weighted by Crippen LogP contribution is -2.07. The van der Waals surface area contributed by atoms with Gasteiger partial charge in [0.05, 0.1) is 13.2 Å². The molecular weight excluding hydrogens is 244 g/mol. The smallest absolute Gasteiger partial charge is 0.141 e. The molecule has 2 unspecified atom stereocenters. The Hall–Kier alpha value is -0.970. The second-order valence-corrected chi connectivity index (χ2v) is 4.48. The minimum atomic E-state index is 0.218. The molecule has 4 nitrogen and oxygen atoms in total. The zero-order valence-corrected chi connectivity index (χ0v) is 9.98. The first-order valence-electron chi connectivity index (χ1n) is 5.60. The Bertz CT molecular complexity index is 367. The Kier molecular flexibility index (Phi) is 3.09. The lowest BCUT2D eigenvalue weighted by molar-refractivity contribution is 0.252. The SMILES string of the molecule is Clc1c(OCC2CO2)cccc1OCC1CO1. The third kappa shape index (κ3) is 3.03. The number of halogens is 1. The van der Waals surface area contributed by atoms with Crippen LogP contribution < -0.4 is 9.47 Å². The van der Waals surface area contributed by atoms with E-state index < -0.39 is 0 Å². The van der Waals surface area contributed by atoms with Crippen LogP contribution in [0.25, 0.3) is 0 Å². The van der Waals surface area contributed by atoms with Crippen LogP contribution in [0, 0.1) is 0 Å². The van der Waals surface area contributed by atoms with E-state index in [1.54, 1.807) is 0 Å². The quantitative estimate of drug-likeness (QED) is 0.729. The van der Waals surface area contributed by atoms with Crippen LogP contribution in [0.5, 0.6) is 11.5 Å². The van der Waals surface area contributed by atoms with Crippen LogP contribution in [0.4, 0.5) is 0 Å². The fourth-order valence-corrected chi connectivity index (χ4v) is 1.64. The summed E-state index contributed by atoms with van der Waals surface area (Å²) in [5.74, 6) is 1.27. The monoisotopic (exact) mass is 256 g/mol. The Morgan fingerprint density at radius 3 is 1.94 bits per heavy atom. The second-order valence-electron chi connectivity index (χ2n) is 4.10. The van der Waals surface area contributed by atoms with Crippen LogP contribution in [0.2, 0.25) is 5.02 Å². The van der Waals surface area contributed by atoms with Crippen LogP contribution in [0.3, 0.4) is 0 Å². The average Bonchev–Trinajstić information content (AvgIpc) is 3.20. The standard InChI is InChI=1S/C12H13ClO4/c13-12-10(16-6-8-4-14-8)2-1-3-11(12)17-7-9-5-15-9/h1-3,8-9H,4-7H2. The van der Waals surface area contributed by atoms with E-state index in [1.807, 2.05) is 18.2 Å². The Balaban J connectivity index is 1.62.